The van der Waals surface area contributed by atoms with Crippen LogP contribution in [-0.2, 0) is 4.74 Å². The molecular weight excluding hydrogens is 444 g/mol. The first-order valence-electron chi connectivity index (χ1n) is 11.8. The number of nitrogens with zero attached hydrogens (tertiary/aromatic N) is 3. The largest absolute Gasteiger partial charge is 0.492 e. The molecule has 2 aromatic rings. The van der Waals surface area contributed by atoms with Crippen molar-refractivity contribution >= 4 is 24.0 Å². The van der Waals surface area contributed by atoms with E-state index in [0.717, 1.165) is 24.8 Å². The zero-order valence-electron chi connectivity index (χ0n) is 20.5. The number of carbonyl (C=O) groups excluding carboxylic acids is 2. The fourth-order valence-electron chi connectivity index (χ4n) is 3.76. The van der Waals surface area contributed by atoms with E-state index in [2.05, 4.69) is 16.4 Å². The van der Waals surface area contributed by atoms with Crippen LogP contribution in [-0.4, -0.2) is 48.5 Å². The van der Waals surface area contributed by atoms with E-state index in [9.17, 15) is 14.9 Å². The van der Waals surface area contributed by atoms with Gasteiger partial charge in [0.2, 0.25) is 0 Å². The average Bonchev–Trinajstić information content (AvgIpc) is 2.83. The Morgan fingerprint density at radius 3 is 2.51 bits per heavy atom. The highest BCUT2D eigenvalue weighted by atomic mass is 16.6. The maximum atomic E-state index is 12.2. The van der Waals surface area contributed by atoms with Crippen molar-refractivity contribution in [1.29, 1.82) is 5.26 Å². The Bertz CT molecular complexity index is 1080. The first-order valence-corrected chi connectivity index (χ1v) is 11.8. The molecule has 3 rings (SSSR count). The minimum Gasteiger partial charge on any atom is -0.492 e. The fraction of sp³-hybridized carbons (Fsp3) is 0.407. The van der Waals surface area contributed by atoms with E-state index in [1.165, 1.54) is 6.21 Å². The lowest BCUT2D eigenvalue weighted by Gasteiger charge is -2.33. The summed E-state index contributed by atoms with van der Waals surface area (Å²) < 4.78 is 11.4. The van der Waals surface area contributed by atoms with Gasteiger partial charge < -0.3 is 19.7 Å². The van der Waals surface area contributed by atoms with Crippen molar-refractivity contribution in [3.8, 4) is 11.8 Å². The highest BCUT2D eigenvalue weighted by Gasteiger charge is 2.26. The number of nitrogens with one attached hydrogen (secondary N) is 1. The van der Waals surface area contributed by atoms with Crippen LogP contribution in [0.5, 0.6) is 5.75 Å². The van der Waals surface area contributed by atoms with Crippen molar-refractivity contribution < 1.29 is 19.1 Å². The lowest BCUT2D eigenvalue weighted by atomic mass is 9.94. The molecule has 1 heterocycles. The van der Waals surface area contributed by atoms with Crippen molar-refractivity contribution in [2.75, 3.05) is 25.0 Å². The molecule has 0 spiro atoms. The molecule has 0 saturated carbocycles. The van der Waals surface area contributed by atoms with Crippen LogP contribution in [0.2, 0.25) is 0 Å². The minimum atomic E-state index is -0.570. The fourth-order valence-corrected chi connectivity index (χ4v) is 3.76. The molecular formula is C27H32N4O4. The Hall–Kier alpha value is -3.86. The van der Waals surface area contributed by atoms with Crippen LogP contribution < -0.4 is 10.1 Å². The monoisotopic (exact) mass is 476 g/mol. The van der Waals surface area contributed by atoms with Crippen molar-refractivity contribution in [1.82, 2.24) is 4.90 Å². The normalized spacial score (nSPS) is 14.4. The van der Waals surface area contributed by atoms with Gasteiger partial charge >= 0.3 is 12.1 Å². The number of nitriles is 1. The smallest absolute Gasteiger partial charge is 0.410 e. The molecule has 0 bridgehead atoms. The Morgan fingerprint density at radius 1 is 1.14 bits per heavy atom. The first kappa shape index (κ1) is 25.8. The quantitative estimate of drug-likeness (QED) is 0.545. The summed E-state index contributed by atoms with van der Waals surface area (Å²) in [7, 11) is 0. The topological polar surface area (TPSA) is 104 Å². The third-order valence-corrected chi connectivity index (χ3v) is 5.56. The molecule has 1 N–H and O–H groups in total. The molecule has 8 nitrogen and oxygen atoms in total. The number of rotatable bonds is 6. The summed E-state index contributed by atoms with van der Waals surface area (Å²) in [4.78, 5) is 30.1. The lowest BCUT2D eigenvalue weighted by molar-refractivity contribution is 0.0177. The lowest BCUT2D eigenvalue weighted by Crippen LogP contribution is -2.41. The van der Waals surface area contributed by atoms with Gasteiger partial charge in [0.25, 0.3) is 0 Å². The summed E-state index contributed by atoms with van der Waals surface area (Å²) in [5.41, 5.74) is 0.918. The zero-order chi connectivity index (χ0) is 25.3. The molecule has 1 aliphatic heterocycles. The van der Waals surface area contributed by atoms with Crippen LogP contribution in [0.25, 0.3) is 0 Å². The molecule has 1 aliphatic rings. The van der Waals surface area contributed by atoms with Gasteiger partial charge in [-0.1, -0.05) is 36.4 Å². The van der Waals surface area contributed by atoms with Gasteiger partial charge in [0.15, 0.2) is 0 Å². The van der Waals surface area contributed by atoms with E-state index < -0.39 is 11.6 Å². The minimum absolute atomic E-state index is 0.260. The van der Waals surface area contributed by atoms with Gasteiger partial charge in [0.05, 0.1) is 12.3 Å². The predicted molar refractivity (Wildman–Crippen MR) is 135 cm³/mol. The number of benzene rings is 2. The summed E-state index contributed by atoms with van der Waals surface area (Å²) in [6.07, 6.45) is 3.77. The standard InChI is InChI=1S/C27H32N4O4/c1-27(2,3)35-26(33)31-15-12-20(13-16-31)14-17-34-24-11-7-10-23(22(24)18-28)30-25(32)29-19-21-8-5-4-6-9-21/h4-11,19-20H,12-17H2,1-3H3,(H,30,32). The number of anilines is 1. The Labute approximate surface area is 206 Å². The van der Waals surface area contributed by atoms with Gasteiger partial charge in [0, 0.05) is 19.3 Å². The molecule has 1 saturated heterocycles. The van der Waals surface area contributed by atoms with Crippen molar-refractivity contribution in [2.45, 2.75) is 45.6 Å². The highest BCUT2D eigenvalue weighted by molar-refractivity contribution is 5.98. The van der Waals surface area contributed by atoms with E-state index in [0.29, 0.717) is 37.1 Å². The summed E-state index contributed by atoms with van der Waals surface area (Å²) in [5, 5.41) is 12.3. The number of carbonyl (C=O) groups is 2. The maximum absolute atomic E-state index is 12.2. The number of piperidine rings is 1. The van der Waals surface area contributed by atoms with Gasteiger partial charge in [-0.15, -0.1) is 0 Å². The van der Waals surface area contributed by atoms with Crippen LogP contribution in [0.3, 0.4) is 0 Å². The number of hydrogen-bond donors (Lipinski definition) is 1. The van der Waals surface area contributed by atoms with Crippen molar-refractivity contribution in [3.63, 3.8) is 0 Å². The maximum Gasteiger partial charge on any atom is 0.410 e. The van der Waals surface area contributed by atoms with Gasteiger partial charge in [-0.3, -0.25) is 0 Å². The second-order valence-electron chi connectivity index (χ2n) is 9.44. The van der Waals surface area contributed by atoms with E-state index in [1.807, 2.05) is 51.1 Å². The third kappa shape index (κ3) is 8.14. The summed E-state index contributed by atoms with van der Waals surface area (Å²) in [6, 6.07) is 15.9. The van der Waals surface area contributed by atoms with Gasteiger partial charge in [-0.2, -0.15) is 5.26 Å². The van der Waals surface area contributed by atoms with Crippen molar-refractivity contribution in [3.05, 3.63) is 59.7 Å². The van der Waals surface area contributed by atoms with E-state index in [-0.39, 0.29) is 11.7 Å². The SMILES string of the molecule is CC(C)(C)OC(=O)N1CCC(CCOc2cccc(NC(=O)N=Cc3ccccc3)c2C#N)CC1. The van der Waals surface area contributed by atoms with E-state index in [4.69, 9.17) is 9.47 Å². The summed E-state index contributed by atoms with van der Waals surface area (Å²) in [6.45, 7) is 7.35. The molecule has 35 heavy (non-hydrogen) atoms. The van der Waals surface area contributed by atoms with Crippen LogP contribution in [0.15, 0.2) is 53.5 Å². The van der Waals surface area contributed by atoms with Gasteiger partial charge in [0.1, 0.15) is 23.0 Å². The van der Waals surface area contributed by atoms with Crippen LogP contribution in [0.4, 0.5) is 15.3 Å². The van der Waals surface area contributed by atoms with Crippen LogP contribution in [0.1, 0.15) is 51.2 Å². The Morgan fingerprint density at radius 2 is 1.86 bits per heavy atom. The van der Waals surface area contributed by atoms with Crippen LogP contribution >= 0.6 is 0 Å². The number of aliphatic imine (C=N–C) groups is 1. The molecule has 0 atom stereocenters. The number of ether oxygens (including phenoxy) is 2. The second-order valence-corrected chi connectivity index (χ2v) is 9.44. The van der Waals surface area contributed by atoms with Gasteiger partial charge in [-0.25, -0.2) is 14.6 Å². The first-order chi connectivity index (χ1) is 16.7. The zero-order valence-corrected chi connectivity index (χ0v) is 20.5. The Kier molecular flexibility index (Phi) is 8.85. The molecule has 0 radical (unpaired) electrons. The Balaban J connectivity index is 1.49. The number of amides is 3. The number of likely N-dealkylation sites (tertiary alicyclic amines) is 1. The van der Waals surface area contributed by atoms with Crippen molar-refractivity contribution in [2.24, 2.45) is 10.9 Å². The van der Waals surface area contributed by atoms with Crippen LogP contribution in [0, 0.1) is 17.2 Å². The molecule has 0 unspecified atom stereocenters. The summed E-state index contributed by atoms with van der Waals surface area (Å²) in [5.74, 6) is 0.845. The van der Waals surface area contributed by atoms with Gasteiger partial charge in [-0.05, 0) is 63.6 Å². The molecule has 1 fully saturated rings. The van der Waals surface area contributed by atoms with E-state index in [1.54, 1.807) is 23.1 Å². The number of hydrogen-bond acceptors (Lipinski definition) is 5. The second kappa shape index (κ2) is 12.0. The molecule has 8 heteroatoms. The molecule has 0 aliphatic carbocycles. The molecule has 0 aromatic heterocycles. The molecule has 184 valence electrons. The van der Waals surface area contributed by atoms with E-state index >= 15 is 0 Å². The number of urea groups is 1. The summed E-state index contributed by atoms with van der Waals surface area (Å²) >= 11 is 0. The third-order valence-electron chi connectivity index (χ3n) is 5.56. The predicted octanol–water partition coefficient (Wildman–Crippen LogP) is 5.63. The molecule has 2 aromatic carbocycles. The average molecular weight is 477 g/mol. The highest BCUT2D eigenvalue weighted by Crippen LogP contribution is 2.27. The molecule has 3 amide bonds.